The van der Waals surface area contributed by atoms with Crippen molar-refractivity contribution in [3.8, 4) is 0 Å². The molecule has 8 nitrogen and oxygen atoms in total. The lowest BCUT2D eigenvalue weighted by Crippen LogP contribution is -2.47. The van der Waals surface area contributed by atoms with Crippen LogP contribution in [0, 0.1) is 41.7 Å². The summed E-state index contributed by atoms with van der Waals surface area (Å²) in [5.74, 6) is -0.613. The third-order valence-electron chi connectivity index (χ3n) is 8.14. The molecule has 1 aliphatic carbocycles. The monoisotopic (exact) mass is 476 g/mol. The van der Waals surface area contributed by atoms with Gasteiger partial charge in [-0.25, -0.2) is 4.90 Å². The van der Waals surface area contributed by atoms with E-state index < -0.39 is 4.92 Å². The van der Waals surface area contributed by atoms with Gasteiger partial charge in [-0.3, -0.25) is 19.7 Å². The van der Waals surface area contributed by atoms with Crippen LogP contribution in [0.2, 0.25) is 0 Å². The van der Waals surface area contributed by atoms with Gasteiger partial charge in [0.25, 0.3) is 5.69 Å². The first-order valence-electron chi connectivity index (χ1n) is 12.5. The quantitative estimate of drug-likeness (QED) is 0.368. The zero-order valence-corrected chi connectivity index (χ0v) is 20.6. The molecule has 5 rings (SSSR count). The van der Waals surface area contributed by atoms with E-state index >= 15 is 0 Å². The number of hydrogen-bond donors (Lipinski definition) is 0. The molecule has 0 radical (unpaired) electrons. The summed E-state index contributed by atoms with van der Waals surface area (Å²) >= 11 is 0. The molecule has 2 saturated heterocycles. The lowest BCUT2D eigenvalue weighted by atomic mass is 9.76. The molecule has 1 saturated carbocycles. The normalized spacial score (nSPS) is 24.7. The van der Waals surface area contributed by atoms with Gasteiger partial charge in [0, 0.05) is 37.9 Å². The maximum atomic E-state index is 13.1. The lowest BCUT2D eigenvalue weighted by Gasteiger charge is -2.38. The summed E-state index contributed by atoms with van der Waals surface area (Å²) in [6.07, 6.45) is 2.34. The number of carbonyl (C=O) groups is 2. The Balaban J connectivity index is 1.37. The Morgan fingerprint density at radius 1 is 0.886 bits per heavy atom. The number of hydrogen-bond acceptors (Lipinski definition) is 6. The summed E-state index contributed by atoms with van der Waals surface area (Å²) < 4.78 is 0. The number of benzene rings is 2. The van der Waals surface area contributed by atoms with Crippen molar-refractivity contribution in [1.29, 1.82) is 0 Å². The molecule has 3 fully saturated rings. The van der Waals surface area contributed by atoms with Crippen LogP contribution in [0.25, 0.3) is 0 Å². The molecular formula is C27H32N4O4. The number of amides is 2. The van der Waals surface area contributed by atoms with Gasteiger partial charge in [-0.2, -0.15) is 0 Å². The van der Waals surface area contributed by atoms with Gasteiger partial charge in [0.1, 0.15) is 5.69 Å². The molecule has 2 aliphatic heterocycles. The second-order valence-corrected chi connectivity index (χ2v) is 10.3. The van der Waals surface area contributed by atoms with Crippen molar-refractivity contribution >= 4 is 34.6 Å². The second kappa shape index (κ2) is 8.98. The van der Waals surface area contributed by atoms with E-state index in [1.165, 1.54) is 27.8 Å². The minimum absolute atomic E-state index is 0.0634. The highest BCUT2D eigenvalue weighted by Gasteiger charge is 2.50. The van der Waals surface area contributed by atoms with Crippen molar-refractivity contribution in [2.45, 2.75) is 40.0 Å². The summed E-state index contributed by atoms with van der Waals surface area (Å²) in [7, 11) is 0. The summed E-state index contributed by atoms with van der Waals surface area (Å²) in [5.41, 5.74) is 4.49. The topological polar surface area (TPSA) is 87.0 Å². The van der Waals surface area contributed by atoms with E-state index in [0.717, 1.165) is 19.5 Å². The molecule has 0 bridgehead atoms. The molecule has 2 aromatic carbocycles. The first kappa shape index (κ1) is 23.3. The van der Waals surface area contributed by atoms with Crippen LogP contribution < -0.4 is 14.7 Å². The van der Waals surface area contributed by atoms with E-state index in [4.69, 9.17) is 0 Å². The summed E-state index contributed by atoms with van der Waals surface area (Å²) in [6, 6.07) is 11.1. The van der Waals surface area contributed by atoms with E-state index in [9.17, 15) is 19.7 Å². The van der Waals surface area contributed by atoms with Crippen molar-refractivity contribution in [2.24, 2.45) is 17.8 Å². The van der Waals surface area contributed by atoms with Gasteiger partial charge in [-0.15, -0.1) is 0 Å². The molecular weight excluding hydrogens is 444 g/mol. The van der Waals surface area contributed by atoms with Crippen LogP contribution in [0.15, 0.2) is 36.4 Å². The van der Waals surface area contributed by atoms with E-state index in [1.807, 2.05) is 4.90 Å². The van der Waals surface area contributed by atoms with Crippen molar-refractivity contribution in [3.05, 3.63) is 57.6 Å². The number of nitro benzene ring substituents is 1. The van der Waals surface area contributed by atoms with E-state index in [-0.39, 0.29) is 29.3 Å². The Morgan fingerprint density at radius 3 is 2.23 bits per heavy atom. The molecule has 2 heterocycles. The highest BCUT2D eigenvalue weighted by molar-refractivity contribution is 6.22. The molecule has 2 amide bonds. The summed E-state index contributed by atoms with van der Waals surface area (Å²) in [6.45, 7) is 9.15. The third-order valence-corrected chi connectivity index (χ3v) is 8.14. The Labute approximate surface area is 205 Å². The van der Waals surface area contributed by atoms with Crippen LogP contribution in [0.3, 0.4) is 0 Å². The number of imide groups is 1. The van der Waals surface area contributed by atoms with Crippen molar-refractivity contribution in [1.82, 2.24) is 0 Å². The standard InChI is InChI=1S/C27H32N4O4/c1-17-7-9-21-22(15-17)27(33)30(26(21)32)20-8-10-24(25(16-20)31(34)35)29-13-11-28(12-14-29)23-6-4-5-18(2)19(23)3/h4-6,8,10,16-17,21-22H,7,9,11-15H2,1-3H3. The van der Waals surface area contributed by atoms with Crippen LogP contribution in [-0.2, 0) is 9.59 Å². The van der Waals surface area contributed by atoms with Gasteiger partial charge in [-0.1, -0.05) is 19.1 Å². The van der Waals surface area contributed by atoms with Gasteiger partial charge in [0.2, 0.25) is 11.8 Å². The zero-order valence-electron chi connectivity index (χ0n) is 20.6. The molecule has 3 atom stereocenters. The number of rotatable bonds is 4. The fourth-order valence-corrected chi connectivity index (χ4v) is 5.98. The molecule has 0 spiro atoms. The summed E-state index contributed by atoms with van der Waals surface area (Å²) in [5, 5.41) is 12.0. The van der Waals surface area contributed by atoms with Crippen LogP contribution >= 0.6 is 0 Å². The van der Waals surface area contributed by atoms with E-state index in [0.29, 0.717) is 43.2 Å². The fraction of sp³-hybridized carbons (Fsp3) is 0.481. The first-order chi connectivity index (χ1) is 16.8. The maximum absolute atomic E-state index is 13.1. The Hall–Kier alpha value is -3.42. The van der Waals surface area contributed by atoms with Crippen LogP contribution in [0.5, 0.6) is 0 Å². The Kier molecular flexibility index (Phi) is 5.99. The molecule has 3 aliphatic rings. The van der Waals surface area contributed by atoms with Gasteiger partial charge < -0.3 is 9.80 Å². The number of nitrogens with zero attached hydrogens (tertiary/aromatic N) is 4. The van der Waals surface area contributed by atoms with E-state index in [1.54, 1.807) is 12.1 Å². The molecule has 0 N–H and O–H groups in total. The highest BCUT2D eigenvalue weighted by atomic mass is 16.6. The minimum Gasteiger partial charge on any atom is -0.368 e. The fourth-order valence-electron chi connectivity index (χ4n) is 5.98. The third kappa shape index (κ3) is 4.05. The molecule has 8 heteroatoms. The maximum Gasteiger partial charge on any atom is 0.294 e. The van der Waals surface area contributed by atoms with Crippen molar-refractivity contribution < 1.29 is 14.5 Å². The highest BCUT2D eigenvalue weighted by Crippen LogP contribution is 2.43. The van der Waals surface area contributed by atoms with Crippen molar-refractivity contribution in [3.63, 3.8) is 0 Å². The summed E-state index contributed by atoms with van der Waals surface area (Å²) in [4.78, 5) is 43.3. The van der Waals surface area contributed by atoms with Gasteiger partial charge in [0.05, 0.1) is 22.4 Å². The predicted octanol–water partition coefficient (Wildman–Crippen LogP) is 4.46. The largest absolute Gasteiger partial charge is 0.368 e. The molecule has 184 valence electrons. The average molecular weight is 477 g/mol. The minimum atomic E-state index is -0.407. The molecule has 35 heavy (non-hydrogen) atoms. The van der Waals surface area contributed by atoms with Crippen LogP contribution in [0.4, 0.5) is 22.7 Å². The predicted molar refractivity (Wildman–Crippen MR) is 136 cm³/mol. The number of carbonyl (C=O) groups excluding carboxylic acids is 2. The van der Waals surface area contributed by atoms with Crippen LogP contribution in [-0.4, -0.2) is 42.9 Å². The number of piperazine rings is 1. The SMILES string of the molecule is Cc1cccc(N2CCN(c3ccc(N4C(=O)C5CCC(C)CC5C4=O)cc3[N+](=O)[O-])CC2)c1C. The zero-order chi connectivity index (χ0) is 24.9. The number of nitro groups is 1. The number of aryl methyl sites for hydroxylation is 1. The smallest absolute Gasteiger partial charge is 0.294 e. The second-order valence-electron chi connectivity index (χ2n) is 10.3. The molecule has 2 aromatic rings. The van der Waals surface area contributed by atoms with Crippen LogP contribution in [0.1, 0.15) is 37.3 Å². The van der Waals surface area contributed by atoms with Crippen molar-refractivity contribution in [2.75, 3.05) is 40.9 Å². The lowest BCUT2D eigenvalue weighted by molar-refractivity contribution is -0.384. The first-order valence-corrected chi connectivity index (χ1v) is 12.5. The Bertz CT molecular complexity index is 1190. The van der Waals surface area contributed by atoms with Gasteiger partial charge in [0.15, 0.2) is 0 Å². The van der Waals surface area contributed by atoms with Gasteiger partial charge in [-0.05, 0) is 68.4 Å². The molecule has 3 unspecified atom stereocenters. The number of anilines is 3. The average Bonchev–Trinajstić information content (AvgIpc) is 3.09. The number of fused-ring (bicyclic) bond motifs is 1. The van der Waals surface area contributed by atoms with E-state index in [2.05, 4.69) is 43.9 Å². The van der Waals surface area contributed by atoms with Gasteiger partial charge >= 0.3 is 0 Å². The molecule has 0 aromatic heterocycles. The Morgan fingerprint density at radius 2 is 1.54 bits per heavy atom.